The lowest BCUT2D eigenvalue weighted by Gasteiger charge is -2.06. The van der Waals surface area contributed by atoms with E-state index in [1.807, 2.05) is 28.1 Å². The van der Waals surface area contributed by atoms with E-state index in [-0.39, 0.29) is 0 Å². The third-order valence-electron chi connectivity index (χ3n) is 2.99. The Morgan fingerprint density at radius 2 is 2.26 bits per heavy atom. The van der Waals surface area contributed by atoms with Crippen LogP contribution in [-0.4, -0.2) is 14.4 Å². The molecule has 0 radical (unpaired) electrons. The van der Waals surface area contributed by atoms with Crippen LogP contribution in [0.15, 0.2) is 29.3 Å². The summed E-state index contributed by atoms with van der Waals surface area (Å²) in [5.74, 6) is 0.795. The normalized spacial score (nSPS) is 11.1. The SMILES string of the molecule is Cc1cc(CNc2nc(Br)cn3ccnc23)sc1C. The third-order valence-corrected chi connectivity index (χ3v) is 4.53. The van der Waals surface area contributed by atoms with Gasteiger partial charge in [-0.15, -0.1) is 11.3 Å². The van der Waals surface area contributed by atoms with Crippen molar-refractivity contribution < 1.29 is 0 Å². The summed E-state index contributed by atoms with van der Waals surface area (Å²) in [4.78, 5) is 11.4. The average Bonchev–Trinajstić information content (AvgIpc) is 2.94. The van der Waals surface area contributed by atoms with E-state index >= 15 is 0 Å². The summed E-state index contributed by atoms with van der Waals surface area (Å²) in [6.45, 7) is 5.05. The topological polar surface area (TPSA) is 42.2 Å². The van der Waals surface area contributed by atoms with Crippen molar-refractivity contribution in [2.45, 2.75) is 20.4 Å². The predicted molar refractivity (Wildman–Crippen MR) is 81.8 cm³/mol. The number of halogens is 1. The number of imidazole rings is 1. The van der Waals surface area contributed by atoms with E-state index < -0.39 is 0 Å². The first-order valence-corrected chi connectivity index (χ1v) is 7.53. The van der Waals surface area contributed by atoms with Gasteiger partial charge in [0, 0.05) is 28.3 Å². The molecule has 0 aliphatic carbocycles. The van der Waals surface area contributed by atoms with Crippen molar-refractivity contribution in [2.75, 3.05) is 5.32 Å². The lowest BCUT2D eigenvalue weighted by molar-refractivity contribution is 1.06. The number of aromatic nitrogens is 3. The standard InChI is InChI=1S/C13H13BrN4S/c1-8-5-10(19-9(8)2)6-16-12-13-15-3-4-18(13)7-11(14)17-12/h3-5,7H,6H2,1-2H3,(H,16,17). The maximum atomic E-state index is 4.44. The largest absolute Gasteiger partial charge is 0.362 e. The number of hydrogen-bond donors (Lipinski definition) is 1. The second-order valence-electron chi connectivity index (χ2n) is 4.38. The number of rotatable bonds is 3. The first-order chi connectivity index (χ1) is 9.13. The number of anilines is 1. The van der Waals surface area contributed by atoms with Crippen LogP contribution in [0.4, 0.5) is 5.82 Å². The molecule has 0 saturated heterocycles. The van der Waals surface area contributed by atoms with Gasteiger partial charge in [0.25, 0.3) is 0 Å². The molecule has 0 fully saturated rings. The van der Waals surface area contributed by atoms with E-state index in [1.165, 1.54) is 15.3 Å². The molecule has 3 heterocycles. The quantitative estimate of drug-likeness (QED) is 0.791. The minimum atomic E-state index is 0.769. The highest BCUT2D eigenvalue weighted by molar-refractivity contribution is 9.10. The Labute approximate surface area is 123 Å². The Kier molecular flexibility index (Phi) is 3.28. The Bertz CT molecular complexity index is 712. The average molecular weight is 337 g/mol. The molecule has 3 aromatic rings. The van der Waals surface area contributed by atoms with Gasteiger partial charge in [-0.1, -0.05) is 0 Å². The second kappa shape index (κ2) is 4.94. The molecule has 0 saturated carbocycles. The highest BCUT2D eigenvalue weighted by Crippen LogP contribution is 2.23. The molecule has 1 N–H and O–H groups in total. The fourth-order valence-corrected chi connectivity index (χ4v) is 3.32. The van der Waals surface area contributed by atoms with Gasteiger partial charge in [-0.05, 0) is 41.4 Å². The van der Waals surface area contributed by atoms with E-state index in [0.717, 1.165) is 22.6 Å². The van der Waals surface area contributed by atoms with E-state index in [1.54, 1.807) is 6.20 Å². The van der Waals surface area contributed by atoms with Crippen molar-refractivity contribution in [3.8, 4) is 0 Å². The number of nitrogens with zero attached hydrogens (tertiary/aromatic N) is 3. The lowest BCUT2D eigenvalue weighted by atomic mass is 10.3. The molecule has 0 atom stereocenters. The van der Waals surface area contributed by atoms with Crippen molar-refractivity contribution in [1.29, 1.82) is 0 Å². The molecule has 0 aliphatic rings. The fourth-order valence-electron chi connectivity index (χ4n) is 1.93. The number of hydrogen-bond acceptors (Lipinski definition) is 4. The molecule has 3 aromatic heterocycles. The van der Waals surface area contributed by atoms with Gasteiger partial charge in [0.05, 0.1) is 6.54 Å². The maximum Gasteiger partial charge on any atom is 0.180 e. The minimum Gasteiger partial charge on any atom is -0.362 e. The van der Waals surface area contributed by atoms with Gasteiger partial charge < -0.3 is 9.72 Å². The van der Waals surface area contributed by atoms with Crippen molar-refractivity contribution >= 4 is 38.7 Å². The summed E-state index contributed by atoms with van der Waals surface area (Å²) in [5, 5.41) is 3.36. The van der Waals surface area contributed by atoms with Crippen LogP contribution in [0.1, 0.15) is 15.3 Å². The number of thiophene rings is 1. The molecule has 0 amide bonds. The number of nitrogens with one attached hydrogen (secondary N) is 1. The molecule has 19 heavy (non-hydrogen) atoms. The lowest BCUT2D eigenvalue weighted by Crippen LogP contribution is -2.03. The summed E-state index contributed by atoms with van der Waals surface area (Å²) in [5.41, 5.74) is 2.18. The number of fused-ring (bicyclic) bond motifs is 1. The van der Waals surface area contributed by atoms with Crippen LogP contribution >= 0.6 is 27.3 Å². The van der Waals surface area contributed by atoms with Crippen LogP contribution < -0.4 is 5.32 Å². The predicted octanol–water partition coefficient (Wildman–Crippen LogP) is 3.78. The second-order valence-corrected chi connectivity index (χ2v) is 6.53. The summed E-state index contributed by atoms with van der Waals surface area (Å²) >= 11 is 5.23. The smallest absolute Gasteiger partial charge is 0.180 e. The van der Waals surface area contributed by atoms with E-state index in [0.29, 0.717) is 0 Å². The maximum absolute atomic E-state index is 4.44. The van der Waals surface area contributed by atoms with Crippen LogP contribution in [-0.2, 0) is 6.54 Å². The fraction of sp³-hybridized carbons (Fsp3) is 0.231. The van der Waals surface area contributed by atoms with Gasteiger partial charge in [-0.3, -0.25) is 0 Å². The van der Waals surface area contributed by atoms with Crippen LogP contribution in [0, 0.1) is 13.8 Å². The van der Waals surface area contributed by atoms with Crippen molar-refractivity contribution in [3.05, 3.63) is 44.6 Å². The van der Waals surface area contributed by atoms with Crippen LogP contribution in [0.3, 0.4) is 0 Å². The molecular weight excluding hydrogens is 324 g/mol. The molecule has 0 aliphatic heterocycles. The minimum absolute atomic E-state index is 0.769. The first kappa shape index (κ1) is 12.6. The zero-order valence-corrected chi connectivity index (χ0v) is 13.0. The van der Waals surface area contributed by atoms with Crippen LogP contribution in [0.25, 0.3) is 5.65 Å². The van der Waals surface area contributed by atoms with E-state index in [2.05, 4.69) is 51.1 Å². The molecule has 0 spiro atoms. The van der Waals surface area contributed by atoms with Gasteiger partial charge >= 0.3 is 0 Å². The molecule has 0 bridgehead atoms. The molecule has 0 aromatic carbocycles. The molecular formula is C13H13BrN4S. The van der Waals surface area contributed by atoms with Gasteiger partial charge in [0.2, 0.25) is 0 Å². The zero-order chi connectivity index (χ0) is 13.4. The Balaban J connectivity index is 1.87. The van der Waals surface area contributed by atoms with Crippen LogP contribution in [0.5, 0.6) is 0 Å². The monoisotopic (exact) mass is 336 g/mol. The Morgan fingerprint density at radius 3 is 3.00 bits per heavy atom. The molecule has 4 nitrogen and oxygen atoms in total. The molecule has 3 rings (SSSR count). The zero-order valence-electron chi connectivity index (χ0n) is 10.6. The van der Waals surface area contributed by atoms with Crippen molar-refractivity contribution in [2.24, 2.45) is 0 Å². The van der Waals surface area contributed by atoms with Crippen LogP contribution in [0.2, 0.25) is 0 Å². The van der Waals surface area contributed by atoms with Gasteiger partial charge in [0.1, 0.15) is 4.60 Å². The molecule has 98 valence electrons. The summed E-state index contributed by atoms with van der Waals surface area (Å²) in [6, 6.07) is 2.22. The van der Waals surface area contributed by atoms with Crippen molar-refractivity contribution in [1.82, 2.24) is 14.4 Å². The summed E-state index contributed by atoms with van der Waals surface area (Å²) in [6.07, 6.45) is 5.58. The van der Waals surface area contributed by atoms with Crippen molar-refractivity contribution in [3.63, 3.8) is 0 Å². The molecule has 6 heteroatoms. The first-order valence-electron chi connectivity index (χ1n) is 5.92. The molecule has 0 unspecified atom stereocenters. The van der Waals surface area contributed by atoms with E-state index in [9.17, 15) is 0 Å². The van der Waals surface area contributed by atoms with Gasteiger partial charge in [0.15, 0.2) is 11.5 Å². The number of aryl methyl sites for hydroxylation is 2. The van der Waals surface area contributed by atoms with Gasteiger partial charge in [-0.25, -0.2) is 9.97 Å². The highest BCUT2D eigenvalue weighted by Gasteiger charge is 2.07. The third kappa shape index (κ3) is 2.50. The summed E-state index contributed by atoms with van der Waals surface area (Å²) < 4.78 is 2.74. The Morgan fingerprint density at radius 1 is 1.42 bits per heavy atom. The summed E-state index contributed by atoms with van der Waals surface area (Å²) in [7, 11) is 0. The van der Waals surface area contributed by atoms with E-state index in [4.69, 9.17) is 0 Å². The van der Waals surface area contributed by atoms with Gasteiger partial charge in [-0.2, -0.15) is 0 Å². The Hall–Kier alpha value is -1.40. The highest BCUT2D eigenvalue weighted by atomic mass is 79.9.